The van der Waals surface area contributed by atoms with Crippen LogP contribution >= 0.6 is 11.6 Å². The molecule has 0 radical (unpaired) electrons. The number of halogens is 1. The van der Waals surface area contributed by atoms with E-state index in [1.807, 2.05) is 12.1 Å². The van der Waals surface area contributed by atoms with Crippen molar-refractivity contribution in [3.8, 4) is 0 Å². The van der Waals surface area contributed by atoms with Crippen LogP contribution in [0.1, 0.15) is 11.3 Å². The number of nitrogens with zero attached hydrogens (tertiary/aromatic N) is 3. The van der Waals surface area contributed by atoms with Crippen LogP contribution in [0, 0.1) is 0 Å². The van der Waals surface area contributed by atoms with E-state index in [4.69, 9.17) is 25.7 Å². The molecule has 0 atom stereocenters. The van der Waals surface area contributed by atoms with E-state index < -0.39 is 0 Å². The number of aromatic amines is 1. The smallest absolute Gasteiger partial charge is 0.298 e. The van der Waals surface area contributed by atoms with Crippen LogP contribution in [0.15, 0.2) is 40.8 Å². The first-order valence-electron chi connectivity index (χ1n) is 10.0. The summed E-state index contributed by atoms with van der Waals surface area (Å²) in [6.07, 6.45) is 0.984. The quantitative estimate of drug-likeness (QED) is 0.534. The summed E-state index contributed by atoms with van der Waals surface area (Å²) in [5, 5.41) is 1.99. The highest BCUT2D eigenvalue weighted by molar-refractivity contribution is 6.31. The van der Waals surface area contributed by atoms with Gasteiger partial charge in [0.25, 0.3) is 6.01 Å². The van der Waals surface area contributed by atoms with E-state index in [0.717, 1.165) is 54.2 Å². The van der Waals surface area contributed by atoms with Crippen LogP contribution in [0.5, 0.6) is 0 Å². The average molecular weight is 409 g/mol. The van der Waals surface area contributed by atoms with Gasteiger partial charge in [-0.05, 0) is 36.4 Å². The SMILES string of the molecule is Clc1ccc2[nH]c3c(c2c1)CN(c1ccc2oc(N4CCOCC4)nc2c1)CC3. The van der Waals surface area contributed by atoms with Crippen molar-refractivity contribution in [3.05, 3.63) is 52.7 Å². The molecule has 0 amide bonds. The minimum Gasteiger partial charge on any atom is -0.423 e. The molecule has 2 aliphatic rings. The van der Waals surface area contributed by atoms with Crippen molar-refractivity contribution < 1.29 is 9.15 Å². The number of morpholine rings is 1. The molecule has 1 saturated heterocycles. The van der Waals surface area contributed by atoms with Gasteiger partial charge in [-0.2, -0.15) is 4.98 Å². The van der Waals surface area contributed by atoms with Gasteiger partial charge in [-0.15, -0.1) is 0 Å². The first-order valence-corrected chi connectivity index (χ1v) is 10.4. The second-order valence-electron chi connectivity index (χ2n) is 7.69. The normalized spacial score (nSPS) is 17.3. The summed E-state index contributed by atoms with van der Waals surface area (Å²) in [7, 11) is 0. The highest BCUT2D eigenvalue weighted by Crippen LogP contribution is 2.33. The Kier molecular flexibility index (Phi) is 3.96. The van der Waals surface area contributed by atoms with E-state index in [1.165, 1.54) is 22.3 Å². The van der Waals surface area contributed by atoms with Crippen molar-refractivity contribution >= 4 is 45.3 Å². The molecule has 0 aliphatic carbocycles. The Balaban J connectivity index is 1.32. The average Bonchev–Trinajstić information content (AvgIpc) is 3.34. The predicted molar refractivity (Wildman–Crippen MR) is 115 cm³/mol. The zero-order chi connectivity index (χ0) is 19.4. The highest BCUT2D eigenvalue weighted by atomic mass is 35.5. The molecule has 2 aliphatic heterocycles. The molecule has 1 fully saturated rings. The fourth-order valence-corrected chi connectivity index (χ4v) is 4.57. The van der Waals surface area contributed by atoms with E-state index in [9.17, 15) is 0 Å². The summed E-state index contributed by atoms with van der Waals surface area (Å²) in [6, 6.07) is 13.0. The monoisotopic (exact) mass is 408 g/mol. The number of benzene rings is 2. The van der Waals surface area contributed by atoms with Crippen molar-refractivity contribution in [2.45, 2.75) is 13.0 Å². The van der Waals surface area contributed by atoms with Gasteiger partial charge in [-0.25, -0.2) is 0 Å². The van der Waals surface area contributed by atoms with Crippen molar-refractivity contribution in [1.29, 1.82) is 0 Å². The highest BCUT2D eigenvalue weighted by Gasteiger charge is 2.22. The van der Waals surface area contributed by atoms with Crippen molar-refractivity contribution in [1.82, 2.24) is 9.97 Å². The number of nitrogens with one attached hydrogen (secondary N) is 1. The lowest BCUT2D eigenvalue weighted by atomic mass is 10.0. The van der Waals surface area contributed by atoms with Gasteiger partial charge < -0.3 is 23.9 Å². The van der Waals surface area contributed by atoms with Gasteiger partial charge in [-0.3, -0.25) is 0 Å². The predicted octanol–water partition coefficient (Wildman–Crippen LogP) is 4.36. The molecule has 0 saturated carbocycles. The van der Waals surface area contributed by atoms with Crippen LogP contribution < -0.4 is 9.80 Å². The molecule has 0 unspecified atom stereocenters. The molecule has 6 rings (SSSR count). The lowest BCUT2D eigenvalue weighted by molar-refractivity contribution is 0.120. The molecule has 0 bridgehead atoms. The largest absolute Gasteiger partial charge is 0.423 e. The Labute approximate surface area is 173 Å². The fraction of sp³-hybridized carbons (Fsp3) is 0.318. The van der Waals surface area contributed by atoms with Crippen LogP contribution in [-0.4, -0.2) is 42.8 Å². The fourth-order valence-electron chi connectivity index (χ4n) is 4.40. The van der Waals surface area contributed by atoms with Gasteiger partial charge in [0.1, 0.15) is 5.52 Å². The number of aromatic nitrogens is 2. The molecule has 4 aromatic rings. The maximum atomic E-state index is 6.25. The minimum absolute atomic E-state index is 0.688. The molecular weight excluding hydrogens is 388 g/mol. The lowest BCUT2D eigenvalue weighted by Gasteiger charge is -2.29. The molecule has 6 nitrogen and oxygen atoms in total. The second-order valence-corrected chi connectivity index (χ2v) is 8.13. The number of rotatable bonds is 2. The van der Waals surface area contributed by atoms with E-state index in [0.29, 0.717) is 19.2 Å². The first-order chi connectivity index (χ1) is 14.2. The van der Waals surface area contributed by atoms with E-state index in [-0.39, 0.29) is 0 Å². The number of ether oxygens (including phenoxy) is 1. The zero-order valence-corrected chi connectivity index (χ0v) is 16.7. The standard InChI is InChI=1S/C22H21ClN4O2/c23-14-1-3-18-16(11-14)17-13-27(6-5-19(17)24-18)15-2-4-21-20(12-15)25-22(29-21)26-7-9-28-10-8-26/h1-4,11-12,24H,5-10,13H2. The number of hydrogen-bond donors (Lipinski definition) is 1. The molecular formula is C22H21ClN4O2. The Morgan fingerprint density at radius 3 is 2.79 bits per heavy atom. The van der Waals surface area contributed by atoms with E-state index >= 15 is 0 Å². The molecule has 2 aromatic carbocycles. The molecule has 0 spiro atoms. The Morgan fingerprint density at radius 1 is 1.00 bits per heavy atom. The third-order valence-corrected chi connectivity index (χ3v) is 6.18. The minimum atomic E-state index is 0.688. The first kappa shape index (κ1) is 17.2. The van der Waals surface area contributed by atoms with Gasteiger partial charge in [-0.1, -0.05) is 11.6 Å². The number of fused-ring (bicyclic) bond motifs is 4. The number of hydrogen-bond acceptors (Lipinski definition) is 5. The van der Waals surface area contributed by atoms with Crippen LogP contribution in [-0.2, 0) is 17.7 Å². The van der Waals surface area contributed by atoms with Gasteiger partial charge in [0, 0.05) is 65.5 Å². The van der Waals surface area contributed by atoms with Crippen molar-refractivity contribution in [2.75, 3.05) is 42.6 Å². The molecule has 1 N–H and O–H groups in total. The molecule has 4 heterocycles. The molecule has 2 aromatic heterocycles. The van der Waals surface area contributed by atoms with Gasteiger partial charge in [0.05, 0.1) is 13.2 Å². The summed E-state index contributed by atoms with van der Waals surface area (Å²) in [4.78, 5) is 12.8. The van der Waals surface area contributed by atoms with Gasteiger partial charge in [0.15, 0.2) is 5.58 Å². The second kappa shape index (κ2) is 6.68. The third kappa shape index (κ3) is 2.94. The van der Waals surface area contributed by atoms with Crippen LogP contribution in [0.4, 0.5) is 11.7 Å². The maximum Gasteiger partial charge on any atom is 0.298 e. The Bertz CT molecular complexity index is 1210. The van der Waals surface area contributed by atoms with Crippen molar-refractivity contribution in [3.63, 3.8) is 0 Å². The summed E-state index contributed by atoms with van der Waals surface area (Å²) >= 11 is 6.25. The molecule has 7 heteroatoms. The number of oxazole rings is 1. The van der Waals surface area contributed by atoms with E-state index in [1.54, 1.807) is 0 Å². The van der Waals surface area contributed by atoms with Gasteiger partial charge >= 0.3 is 0 Å². The topological polar surface area (TPSA) is 57.5 Å². The Hall–Kier alpha value is -2.70. The number of anilines is 2. The third-order valence-electron chi connectivity index (χ3n) is 5.94. The molecule has 148 valence electrons. The Morgan fingerprint density at radius 2 is 1.90 bits per heavy atom. The maximum absolute atomic E-state index is 6.25. The summed E-state index contributed by atoms with van der Waals surface area (Å²) in [5.41, 5.74) is 6.70. The lowest BCUT2D eigenvalue weighted by Crippen LogP contribution is -2.36. The van der Waals surface area contributed by atoms with Gasteiger partial charge in [0.2, 0.25) is 0 Å². The van der Waals surface area contributed by atoms with Crippen LogP contribution in [0.3, 0.4) is 0 Å². The summed E-state index contributed by atoms with van der Waals surface area (Å²) < 4.78 is 11.4. The summed E-state index contributed by atoms with van der Waals surface area (Å²) in [6.45, 7) is 4.89. The summed E-state index contributed by atoms with van der Waals surface area (Å²) in [5.74, 6) is 0. The van der Waals surface area contributed by atoms with Crippen LogP contribution in [0.2, 0.25) is 5.02 Å². The zero-order valence-electron chi connectivity index (χ0n) is 15.9. The van der Waals surface area contributed by atoms with Crippen molar-refractivity contribution in [2.24, 2.45) is 0 Å². The number of H-pyrrole nitrogens is 1. The van der Waals surface area contributed by atoms with E-state index in [2.05, 4.69) is 39.0 Å². The molecule has 29 heavy (non-hydrogen) atoms. The van der Waals surface area contributed by atoms with Crippen LogP contribution in [0.25, 0.3) is 22.0 Å².